The van der Waals surface area contributed by atoms with E-state index in [4.69, 9.17) is 16.6 Å². The maximum atomic E-state index is 11.1. The van der Waals surface area contributed by atoms with E-state index in [2.05, 4.69) is 9.55 Å². The Morgan fingerprint density at radius 1 is 1.54 bits per heavy atom. The van der Waals surface area contributed by atoms with Crippen molar-refractivity contribution in [3.8, 4) is 0 Å². The summed E-state index contributed by atoms with van der Waals surface area (Å²) < 4.78 is 8.96. The van der Waals surface area contributed by atoms with Crippen LogP contribution in [0.3, 0.4) is 0 Å². The molecule has 0 aliphatic carbocycles. The normalized spacial score (nSPS) is 11.7. The molecule has 4 nitrogen and oxygen atoms in total. The summed E-state index contributed by atoms with van der Waals surface area (Å²) >= 11 is 4.81. The van der Waals surface area contributed by atoms with Gasteiger partial charge in [0, 0.05) is 6.21 Å². The van der Waals surface area contributed by atoms with Crippen molar-refractivity contribution < 1.29 is 13.9 Å². The summed E-state index contributed by atoms with van der Waals surface area (Å²) in [4.78, 5) is 11.1. The van der Waals surface area contributed by atoms with Crippen molar-refractivity contribution in [2.75, 3.05) is 0 Å². The predicted octanol–water partition coefficient (Wildman–Crippen LogP) is 2.26. The van der Waals surface area contributed by atoms with Gasteiger partial charge in [-0.3, -0.25) is 9.18 Å². The zero-order chi connectivity index (χ0) is 10.3. The third-order valence-electron chi connectivity index (χ3n) is 1.01. The topological polar surface area (TPSA) is 47.9 Å². The van der Waals surface area contributed by atoms with Crippen LogP contribution in [0.5, 0.6) is 0 Å². The van der Waals surface area contributed by atoms with Gasteiger partial charge < -0.3 is 4.74 Å². The van der Waals surface area contributed by atoms with Crippen LogP contribution < -0.4 is 0 Å². The van der Waals surface area contributed by atoms with E-state index in [-0.39, 0.29) is 12.4 Å². The van der Waals surface area contributed by atoms with Crippen molar-refractivity contribution in [1.82, 2.24) is 0 Å². The van der Waals surface area contributed by atoms with E-state index in [9.17, 15) is 4.79 Å². The van der Waals surface area contributed by atoms with Crippen LogP contribution in [-0.2, 0) is 13.9 Å². The van der Waals surface area contributed by atoms with Crippen molar-refractivity contribution in [3.05, 3.63) is 0 Å². The van der Waals surface area contributed by atoms with Crippen LogP contribution in [0, 0.1) is 0 Å². The lowest BCUT2D eigenvalue weighted by molar-refractivity contribution is -0.154. The fourth-order valence-corrected chi connectivity index (χ4v) is 0.712. The molecule has 0 aromatic heterocycles. The predicted molar refractivity (Wildman–Crippen MR) is 50.5 cm³/mol. The van der Waals surface area contributed by atoms with Crippen LogP contribution in [0.25, 0.3) is 0 Å². The molecule has 0 radical (unpaired) electrons. The average Bonchev–Trinajstić information content (AvgIpc) is 1.94. The molecule has 0 heterocycles. The van der Waals surface area contributed by atoms with Crippen LogP contribution in [-0.4, -0.2) is 17.8 Å². The molecule has 0 fully saturated rings. The molecule has 0 amide bonds. The van der Waals surface area contributed by atoms with Crippen molar-refractivity contribution in [2.24, 2.45) is 5.16 Å². The second-order valence-electron chi connectivity index (χ2n) is 3.48. The number of carbonyl (C=O) groups excluding carboxylic acids is 1. The highest BCUT2D eigenvalue weighted by Gasteiger charge is 2.15. The first kappa shape index (κ1) is 12.2. The van der Waals surface area contributed by atoms with Crippen molar-refractivity contribution in [3.63, 3.8) is 0 Å². The molecule has 0 aliphatic heterocycles. The molecule has 0 rings (SSSR count). The number of carbonyl (C=O) groups is 1. The Morgan fingerprint density at radius 3 is 2.62 bits per heavy atom. The Hall–Kier alpha value is -0.770. The fraction of sp³-hybridized carbons (Fsp3) is 0.750. The smallest absolute Gasteiger partial charge is 0.306 e. The summed E-state index contributed by atoms with van der Waals surface area (Å²) in [5.74, 6) is -0.256. The van der Waals surface area contributed by atoms with E-state index in [1.54, 1.807) is 0 Å². The van der Waals surface area contributed by atoms with Gasteiger partial charge in [-0.15, -0.1) is 0 Å². The Bertz CT molecular complexity index is 186. The monoisotopic (exact) mass is 207 g/mol. The van der Waals surface area contributed by atoms with Crippen LogP contribution in [0.15, 0.2) is 5.16 Å². The Labute approximate surface area is 83.0 Å². The lowest BCUT2D eigenvalue weighted by Gasteiger charge is -2.18. The van der Waals surface area contributed by atoms with Gasteiger partial charge in [0.1, 0.15) is 5.60 Å². The van der Waals surface area contributed by atoms with Crippen LogP contribution in [0.1, 0.15) is 33.6 Å². The first-order valence-electron chi connectivity index (χ1n) is 3.97. The fourth-order valence-electron chi connectivity index (χ4n) is 0.656. The largest absolute Gasteiger partial charge is 0.460 e. The first-order valence-corrected chi connectivity index (χ1v) is 4.28. The van der Waals surface area contributed by atoms with E-state index in [0.29, 0.717) is 6.42 Å². The van der Waals surface area contributed by atoms with Gasteiger partial charge in [0.25, 0.3) is 0 Å². The van der Waals surface area contributed by atoms with Crippen LogP contribution in [0.2, 0.25) is 0 Å². The molecule has 0 spiro atoms. The first-order chi connectivity index (χ1) is 5.95. The molecule has 0 saturated heterocycles. The number of ether oxygens (including phenoxy) is 1. The maximum Gasteiger partial charge on any atom is 0.306 e. The third kappa shape index (κ3) is 9.14. The molecular formula is C8H14ClNO3. The maximum absolute atomic E-state index is 11.1. The number of oxime groups is 1. The Balaban J connectivity index is 3.58. The second kappa shape index (κ2) is 5.80. The highest BCUT2D eigenvalue weighted by atomic mass is 35.5. The third-order valence-corrected chi connectivity index (χ3v) is 1.09. The molecule has 13 heavy (non-hydrogen) atoms. The molecule has 0 unspecified atom stereocenters. The minimum atomic E-state index is -0.433. The van der Waals surface area contributed by atoms with Gasteiger partial charge in [0.15, 0.2) is 11.9 Å². The molecule has 0 aromatic rings. The van der Waals surface area contributed by atoms with Gasteiger partial charge in [-0.05, 0) is 27.2 Å². The Kier molecular flexibility index (Phi) is 5.46. The van der Waals surface area contributed by atoms with Gasteiger partial charge in [-0.25, -0.2) is 0 Å². The van der Waals surface area contributed by atoms with Gasteiger partial charge in [-0.1, -0.05) is 5.16 Å². The zero-order valence-corrected chi connectivity index (χ0v) is 8.80. The molecule has 0 bridgehead atoms. The summed E-state index contributed by atoms with van der Waals surface area (Å²) in [6.07, 6.45) is 2.15. The number of esters is 1. The lowest BCUT2D eigenvalue weighted by atomic mass is 10.2. The SMILES string of the molecule is CC(C)(C)OC(=O)CCC=NOCl. The van der Waals surface area contributed by atoms with Crippen molar-refractivity contribution in [1.29, 1.82) is 0 Å². The molecule has 0 atom stereocenters. The number of nitrogens with zero attached hydrogens (tertiary/aromatic N) is 1. The summed E-state index contributed by atoms with van der Waals surface area (Å²) in [5.41, 5.74) is -0.433. The van der Waals surface area contributed by atoms with Gasteiger partial charge >= 0.3 is 5.97 Å². The minimum Gasteiger partial charge on any atom is -0.460 e. The summed E-state index contributed by atoms with van der Waals surface area (Å²) in [6.45, 7) is 5.46. The van der Waals surface area contributed by atoms with Gasteiger partial charge in [0.05, 0.1) is 6.42 Å². The van der Waals surface area contributed by atoms with Crippen LogP contribution >= 0.6 is 11.9 Å². The number of rotatable bonds is 4. The van der Waals surface area contributed by atoms with E-state index in [0.717, 1.165) is 0 Å². The number of halogens is 1. The van der Waals surface area contributed by atoms with E-state index < -0.39 is 5.60 Å². The molecular weight excluding hydrogens is 194 g/mol. The average molecular weight is 208 g/mol. The molecule has 0 aromatic carbocycles. The molecule has 76 valence electrons. The van der Waals surface area contributed by atoms with Crippen LogP contribution in [0.4, 0.5) is 0 Å². The van der Waals surface area contributed by atoms with Gasteiger partial charge in [0.2, 0.25) is 0 Å². The summed E-state index contributed by atoms with van der Waals surface area (Å²) in [7, 11) is 0. The van der Waals surface area contributed by atoms with E-state index in [1.165, 1.54) is 6.21 Å². The summed E-state index contributed by atoms with van der Waals surface area (Å²) in [5, 5.41) is 3.27. The molecule has 5 heteroatoms. The zero-order valence-electron chi connectivity index (χ0n) is 8.04. The quantitative estimate of drug-likeness (QED) is 0.404. The number of hydrogen-bond acceptors (Lipinski definition) is 4. The van der Waals surface area contributed by atoms with Crippen molar-refractivity contribution in [2.45, 2.75) is 39.2 Å². The number of hydrogen-bond donors (Lipinski definition) is 0. The standard InChI is InChI=1S/C8H14ClNO3/c1-8(2,3)12-7(11)5-4-6-10-13-9/h6H,4-5H2,1-3H3. The molecule has 0 saturated carbocycles. The van der Waals surface area contributed by atoms with Gasteiger partial charge in [-0.2, -0.15) is 0 Å². The van der Waals surface area contributed by atoms with E-state index in [1.807, 2.05) is 20.8 Å². The highest BCUT2D eigenvalue weighted by Crippen LogP contribution is 2.08. The van der Waals surface area contributed by atoms with Crippen molar-refractivity contribution >= 4 is 24.0 Å². The molecule has 0 N–H and O–H groups in total. The summed E-state index contributed by atoms with van der Waals surface area (Å²) in [6, 6.07) is 0. The second-order valence-corrected chi connectivity index (χ2v) is 3.62. The highest BCUT2D eigenvalue weighted by molar-refractivity contribution is 6.07. The van der Waals surface area contributed by atoms with E-state index >= 15 is 0 Å². The molecule has 0 aliphatic rings. The lowest BCUT2D eigenvalue weighted by Crippen LogP contribution is -2.23. The minimum absolute atomic E-state index is 0.256. The Morgan fingerprint density at radius 2 is 2.15 bits per heavy atom.